The van der Waals surface area contributed by atoms with Gasteiger partial charge in [-0.25, -0.2) is 9.97 Å². The number of amidine groups is 1. The van der Waals surface area contributed by atoms with Crippen LogP contribution in [0.25, 0.3) is 0 Å². The molecule has 0 aliphatic carbocycles. The Kier molecular flexibility index (Phi) is 3.78. The summed E-state index contributed by atoms with van der Waals surface area (Å²) in [6.07, 6.45) is 1.46. The number of hydrogen-bond acceptors (Lipinski definition) is 4. The van der Waals surface area contributed by atoms with Gasteiger partial charge in [-0.2, -0.15) is 0 Å². The first-order valence-corrected chi connectivity index (χ1v) is 6.24. The van der Waals surface area contributed by atoms with Crippen LogP contribution in [0.4, 0.5) is 0 Å². The van der Waals surface area contributed by atoms with E-state index in [9.17, 15) is 5.11 Å². The molecule has 1 heterocycles. The lowest BCUT2D eigenvalue weighted by molar-refractivity contribution is -0.275. The fraction of sp³-hybridized carbons (Fsp3) is 0.0833. The molecule has 0 fully saturated rings. The molecule has 0 saturated carbocycles. The quantitative estimate of drug-likeness (QED) is 0.328. The first kappa shape index (κ1) is 12.4. The van der Waals surface area contributed by atoms with E-state index in [0.717, 1.165) is 11.1 Å². The molecule has 0 saturated heterocycles. The molecule has 0 aliphatic heterocycles. The van der Waals surface area contributed by atoms with Crippen molar-refractivity contribution in [2.75, 3.05) is 0 Å². The summed E-state index contributed by atoms with van der Waals surface area (Å²) in [6.45, 7) is 0. The van der Waals surface area contributed by atoms with Gasteiger partial charge >= 0.3 is 0 Å². The third-order valence-corrected chi connectivity index (χ3v) is 3.17. The number of nitrogens with zero attached hydrogens (tertiary/aromatic N) is 2. The lowest BCUT2D eigenvalue weighted by Gasteiger charge is -2.05. The molecule has 0 amide bonds. The van der Waals surface area contributed by atoms with E-state index in [4.69, 9.17) is 11.1 Å². The molecule has 6 heteroatoms. The van der Waals surface area contributed by atoms with Crippen molar-refractivity contribution >= 4 is 17.6 Å². The van der Waals surface area contributed by atoms with Gasteiger partial charge in [-0.05, 0) is 29.6 Å². The van der Waals surface area contributed by atoms with Crippen molar-refractivity contribution in [3.05, 3.63) is 47.7 Å². The highest BCUT2D eigenvalue weighted by Crippen LogP contribution is 2.20. The van der Waals surface area contributed by atoms with Crippen molar-refractivity contribution in [3.63, 3.8) is 0 Å². The standard InChI is InChI=1S/C12H12N4OS/c13-11(14)9-3-1-2-8(6-9)7-18-12-15-5-4-10(17)16-12/h1-6H,7H2,(H3,13,14)(H,15,16,17). The Morgan fingerprint density at radius 3 is 2.94 bits per heavy atom. The third-order valence-electron chi connectivity index (χ3n) is 2.24. The van der Waals surface area contributed by atoms with Crippen molar-refractivity contribution in [2.24, 2.45) is 5.73 Å². The molecule has 0 radical (unpaired) electrons. The number of benzene rings is 1. The number of rotatable bonds is 4. The van der Waals surface area contributed by atoms with E-state index in [1.54, 1.807) is 0 Å². The van der Waals surface area contributed by atoms with Crippen LogP contribution in [-0.4, -0.2) is 15.8 Å². The summed E-state index contributed by atoms with van der Waals surface area (Å²) in [5.41, 5.74) is 7.38. The minimum atomic E-state index is -0.277. The molecule has 2 aromatic rings. The molecule has 92 valence electrons. The van der Waals surface area contributed by atoms with Crippen molar-refractivity contribution in [3.8, 4) is 5.88 Å². The predicted molar refractivity (Wildman–Crippen MR) is 67.7 cm³/mol. The number of hydrogen-bond donors (Lipinski definition) is 2. The molecular weight excluding hydrogens is 248 g/mol. The van der Waals surface area contributed by atoms with Gasteiger partial charge < -0.3 is 5.11 Å². The summed E-state index contributed by atoms with van der Waals surface area (Å²) in [4.78, 5) is 7.80. The highest BCUT2D eigenvalue weighted by molar-refractivity contribution is 7.98. The Bertz CT molecular complexity index is 574. The number of thioether (sulfide) groups is 1. The maximum absolute atomic E-state index is 11.0. The Balaban J connectivity index is 2.06. The number of nitrogens with two attached hydrogens (primary N) is 2. The average molecular weight is 260 g/mol. The van der Waals surface area contributed by atoms with E-state index in [0.29, 0.717) is 16.7 Å². The van der Waals surface area contributed by atoms with E-state index >= 15 is 0 Å². The van der Waals surface area contributed by atoms with Gasteiger partial charge in [-0.3, -0.25) is 11.1 Å². The average Bonchev–Trinajstić information content (AvgIpc) is 2.37. The fourth-order valence-corrected chi connectivity index (χ4v) is 2.15. The topological polar surface area (TPSA) is 100 Å². The summed E-state index contributed by atoms with van der Waals surface area (Å²) in [5, 5.41) is 17.0. The molecule has 5 nitrogen and oxygen atoms in total. The molecule has 18 heavy (non-hydrogen) atoms. The minimum absolute atomic E-state index is 0.277. The van der Waals surface area contributed by atoms with Gasteiger partial charge in [0, 0.05) is 11.9 Å². The number of aromatic nitrogens is 2. The zero-order chi connectivity index (χ0) is 13.0. The predicted octanol–water partition coefficient (Wildman–Crippen LogP) is -0.693. The van der Waals surface area contributed by atoms with E-state index in [2.05, 4.69) is 9.97 Å². The molecular formula is C12H12N4OS. The molecule has 0 unspecified atom stereocenters. The summed E-state index contributed by atoms with van der Waals surface area (Å²) >= 11 is 1.39. The first-order valence-electron chi connectivity index (χ1n) is 5.25. The van der Waals surface area contributed by atoms with Crippen LogP contribution in [-0.2, 0) is 5.75 Å². The van der Waals surface area contributed by atoms with Crippen molar-refractivity contribution < 1.29 is 10.5 Å². The minimum Gasteiger partial charge on any atom is -0.859 e. The highest BCUT2D eigenvalue weighted by Gasteiger charge is 2.03. The maximum Gasteiger partial charge on any atom is 0.270 e. The van der Waals surface area contributed by atoms with Gasteiger partial charge in [0.25, 0.3) is 5.84 Å². The summed E-state index contributed by atoms with van der Waals surface area (Å²) in [7, 11) is 0. The van der Waals surface area contributed by atoms with Crippen molar-refractivity contribution in [1.82, 2.24) is 9.97 Å². The summed E-state index contributed by atoms with van der Waals surface area (Å²) in [5.74, 6) is 0.672. The molecule has 0 atom stereocenters. The van der Waals surface area contributed by atoms with Crippen LogP contribution in [0.15, 0.2) is 41.7 Å². The van der Waals surface area contributed by atoms with Crippen LogP contribution in [0.3, 0.4) is 0 Å². The van der Waals surface area contributed by atoms with E-state index < -0.39 is 0 Å². The molecule has 4 N–H and O–H groups in total. The van der Waals surface area contributed by atoms with Crippen molar-refractivity contribution in [1.29, 1.82) is 0 Å². The van der Waals surface area contributed by atoms with Crippen LogP contribution in [0, 0.1) is 0 Å². The van der Waals surface area contributed by atoms with Crippen molar-refractivity contribution in [2.45, 2.75) is 10.9 Å². The maximum atomic E-state index is 11.0. The summed E-state index contributed by atoms with van der Waals surface area (Å²) < 4.78 is 0. The van der Waals surface area contributed by atoms with Gasteiger partial charge in [-0.1, -0.05) is 23.9 Å². The largest absolute Gasteiger partial charge is 0.859 e. The van der Waals surface area contributed by atoms with E-state index in [1.165, 1.54) is 24.0 Å². The molecule has 0 bridgehead atoms. The smallest absolute Gasteiger partial charge is 0.270 e. The second-order valence-electron chi connectivity index (χ2n) is 3.62. The lowest BCUT2D eigenvalue weighted by Crippen LogP contribution is -2.46. The normalized spacial score (nSPS) is 10.2. The van der Waals surface area contributed by atoms with Crippen LogP contribution in [0.2, 0.25) is 0 Å². The Hall–Kier alpha value is -2.08. The second-order valence-corrected chi connectivity index (χ2v) is 4.56. The SMILES string of the molecule is NC(=[NH2+])c1cccc(CSc2nccc([O-])n2)c1. The molecule has 1 aromatic heterocycles. The molecule has 1 aromatic carbocycles. The van der Waals surface area contributed by atoms with E-state index in [-0.39, 0.29) is 5.88 Å². The Morgan fingerprint density at radius 2 is 2.22 bits per heavy atom. The third kappa shape index (κ3) is 3.21. The van der Waals surface area contributed by atoms with Crippen LogP contribution in [0.5, 0.6) is 5.88 Å². The highest BCUT2D eigenvalue weighted by atomic mass is 32.2. The van der Waals surface area contributed by atoms with Gasteiger partial charge in [0.15, 0.2) is 5.16 Å². The fourth-order valence-electron chi connectivity index (χ4n) is 1.38. The zero-order valence-electron chi connectivity index (χ0n) is 9.54. The van der Waals surface area contributed by atoms with Crippen LogP contribution in [0.1, 0.15) is 11.1 Å². The van der Waals surface area contributed by atoms with E-state index in [1.807, 2.05) is 24.3 Å². The molecule has 2 rings (SSSR count). The van der Waals surface area contributed by atoms with Gasteiger partial charge in [-0.15, -0.1) is 0 Å². The Morgan fingerprint density at radius 1 is 1.39 bits per heavy atom. The second kappa shape index (κ2) is 5.50. The Labute approximate surface area is 109 Å². The first-order chi connectivity index (χ1) is 8.65. The zero-order valence-corrected chi connectivity index (χ0v) is 10.4. The monoisotopic (exact) mass is 260 g/mol. The van der Waals surface area contributed by atoms with Gasteiger partial charge in [0.2, 0.25) is 0 Å². The molecule has 0 spiro atoms. The van der Waals surface area contributed by atoms with Gasteiger partial charge in [0.05, 0.1) is 5.56 Å². The lowest BCUT2D eigenvalue weighted by atomic mass is 10.1. The summed E-state index contributed by atoms with van der Waals surface area (Å²) in [6, 6.07) is 8.92. The van der Waals surface area contributed by atoms with Crippen LogP contribution >= 0.6 is 11.8 Å². The van der Waals surface area contributed by atoms with Gasteiger partial charge in [0.1, 0.15) is 0 Å². The molecule has 0 aliphatic rings. The van der Waals surface area contributed by atoms with Crippen LogP contribution < -0.4 is 16.2 Å².